The average Bonchev–Trinajstić information content (AvgIpc) is 1.78. The summed E-state index contributed by atoms with van der Waals surface area (Å²) in [7, 11) is 0. The van der Waals surface area contributed by atoms with E-state index in [1.165, 1.54) is 0 Å². The summed E-state index contributed by atoms with van der Waals surface area (Å²) in [6.07, 6.45) is 1.15. The van der Waals surface area contributed by atoms with Gasteiger partial charge in [0.25, 0.3) is 0 Å². The van der Waals surface area contributed by atoms with Crippen molar-refractivity contribution < 1.29 is 19.1 Å². The van der Waals surface area contributed by atoms with Crippen LogP contribution in [0.1, 0.15) is 40.5 Å². The molecule has 0 aromatic carbocycles. The molecule has 0 unspecified atom stereocenters. The van der Waals surface area contributed by atoms with E-state index in [1.54, 1.807) is 0 Å². The largest absolute Gasteiger partial charge is 0.459 e. The molecule has 0 aromatic rings. The van der Waals surface area contributed by atoms with Crippen LogP contribution in [-0.4, -0.2) is 23.1 Å². The van der Waals surface area contributed by atoms with Gasteiger partial charge in [-0.05, 0) is 27.7 Å². The lowest BCUT2D eigenvalue weighted by Crippen LogP contribution is -2.41. The molecular formula is C10H16O4. The number of esters is 2. The molecule has 0 aromatic heterocycles. The van der Waals surface area contributed by atoms with Gasteiger partial charge in [-0.1, -0.05) is 0 Å². The maximum absolute atomic E-state index is 10.1. The van der Waals surface area contributed by atoms with Crippen molar-refractivity contribution in [2.45, 2.75) is 51.7 Å². The van der Waals surface area contributed by atoms with Crippen molar-refractivity contribution >= 4 is 11.9 Å². The van der Waals surface area contributed by atoms with E-state index in [1.807, 2.05) is 27.7 Å². The normalized spacial score (nSPS) is 25.7. The molecule has 2 fully saturated rings. The van der Waals surface area contributed by atoms with Crippen LogP contribution in [0.3, 0.4) is 0 Å². The molecule has 2 saturated heterocycles. The number of cyclic esters (lactones) is 2. The van der Waals surface area contributed by atoms with Gasteiger partial charge in [-0.25, -0.2) is 0 Å². The van der Waals surface area contributed by atoms with E-state index in [0.717, 1.165) is 0 Å². The van der Waals surface area contributed by atoms with Crippen LogP contribution in [0.15, 0.2) is 0 Å². The van der Waals surface area contributed by atoms with Gasteiger partial charge in [0, 0.05) is 0 Å². The average molecular weight is 200 g/mol. The van der Waals surface area contributed by atoms with Gasteiger partial charge in [0.05, 0.1) is 12.8 Å². The number of carbonyl (C=O) groups is 2. The van der Waals surface area contributed by atoms with Gasteiger partial charge in [-0.15, -0.1) is 0 Å². The molecule has 2 aliphatic rings. The van der Waals surface area contributed by atoms with Crippen LogP contribution in [0, 0.1) is 0 Å². The van der Waals surface area contributed by atoms with Gasteiger partial charge >= 0.3 is 11.9 Å². The van der Waals surface area contributed by atoms with Crippen molar-refractivity contribution in [3.05, 3.63) is 0 Å². The molecule has 4 heteroatoms. The summed E-state index contributed by atoms with van der Waals surface area (Å²) in [5.74, 6) is -0.157. The molecule has 4 nitrogen and oxygen atoms in total. The van der Waals surface area contributed by atoms with Crippen LogP contribution in [0.4, 0.5) is 0 Å². The highest BCUT2D eigenvalue weighted by molar-refractivity contribution is 5.76. The molecule has 0 saturated carbocycles. The Morgan fingerprint density at radius 3 is 1.07 bits per heavy atom. The Bertz CT molecular complexity index is 217. The van der Waals surface area contributed by atoms with Crippen molar-refractivity contribution in [2.24, 2.45) is 0 Å². The summed E-state index contributed by atoms with van der Waals surface area (Å²) < 4.78 is 9.38. The standard InChI is InChI=1S/2C5H8O2/c2*1-5(2)3-4(6)7-5/h2*3H2,1-2H3. The summed E-state index contributed by atoms with van der Waals surface area (Å²) in [6, 6.07) is 0. The topological polar surface area (TPSA) is 52.6 Å². The smallest absolute Gasteiger partial charge is 0.310 e. The summed E-state index contributed by atoms with van der Waals surface area (Å²) in [4.78, 5) is 20.2. The first-order chi connectivity index (χ1) is 6.20. The van der Waals surface area contributed by atoms with E-state index in [2.05, 4.69) is 9.47 Å². The monoisotopic (exact) mass is 200 g/mol. The zero-order chi connectivity index (χ0) is 11.0. The molecule has 2 heterocycles. The predicted octanol–water partition coefficient (Wildman–Crippen LogP) is 1.42. The Kier molecular flexibility index (Phi) is 2.56. The molecule has 0 amide bonds. The lowest BCUT2D eigenvalue weighted by molar-refractivity contribution is -0.185. The Morgan fingerprint density at radius 2 is 1.07 bits per heavy atom. The van der Waals surface area contributed by atoms with Gasteiger partial charge in [0.2, 0.25) is 0 Å². The molecular weight excluding hydrogens is 184 g/mol. The fourth-order valence-corrected chi connectivity index (χ4v) is 1.29. The van der Waals surface area contributed by atoms with E-state index >= 15 is 0 Å². The minimum atomic E-state index is -0.156. The lowest BCUT2D eigenvalue weighted by atomic mass is 10.0. The highest BCUT2D eigenvalue weighted by Crippen LogP contribution is 2.25. The van der Waals surface area contributed by atoms with E-state index in [9.17, 15) is 9.59 Å². The number of carbonyl (C=O) groups excluding carboxylic acids is 2. The Labute approximate surface area is 83.6 Å². The second-order valence-electron chi connectivity index (χ2n) is 4.82. The molecule has 80 valence electrons. The lowest BCUT2D eigenvalue weighted by Gasteiger charge is -2.33. The van der Waals surface area contributed by atoms with Crippen LogP contribution in [-0.2, 0) is 19.1 Å². The second kappa shape index (κ2) is 3.26. The molecule has 0 radical (unpaired) electrons. The SMILES string of the molecule is CC1(C)CC(=O)O1.CC1(C)CC(=O)O1. The fourth-order valence-electron chi connectivity index (χ4n) is 1.29. The van der Waals surface area contributed by atoms with Crippen molar-refractivity contribution in [1.29, 1.82) is 0 Å². The first-order valence-electron chi connectivity index (χ1n) is 4.64. The summed E-state index contributed by atoms with van der Waals surface area (Å²) in [6.45, 7) is 7.59. The Hall–Kier alpha value is -1.06. The van der Waals surface area contributed by atoms with Crippen molar-refractivity contribution in [1.82, 2.24) is 0 Å². The van der Waals surface area contributed by atoms with Crippen LogP contribution >= 0.6 is 0 Å². The Morgan fingerprint density at radius 1 is 0.857 bits per heavy atom. The maximum Gasteiger partial charge on any atom is 0.310 e. The summed E-state index contributed by atoms with van der Waals surface area (Å²) in [5.41, 5.74) is -0.311. The van der Waals surface area contributed by atoms with Gasteiger partial charge in [0.15, 0.2) is 0 Å². The number of rotatable bonds is 0. The minimum Gasteiger partial charge on any atom is -0.459 e. The first-order valence-corrected chi connectivity index (χ1v) is 4.64. The third-order valence-electron chi connectivity index (χ3n) is 1.92. The second-order valence-corrected chi connectivity index (χ2v) is 4.82. The van der Waals surface area contributed by atoms with Gasteiger partial charge < -0.3 is 9.47 Å². The van der Waals surface area contributed by atoms with Crippen LogP contribution in [0.25, 0.3) is 0 Å². The van der Waals surface area contributed by atoms with E-state index in [-0.39, 0.29) is 23.1 Å². The van der Waals surface area contributed by atoms with Gasteiger partial charge in [0.1, 0.15) is 11.2 Å². The van der Waals surface area contributed by atoms with Gasteiger partial charge in [-0.3, -0.25) is 9.59 Å². The quantitative estimate of drug-likeness (QED) is 0.555. The molecule has 0 spiro atoms. The highest BCUT2D eigenvalue weighted by atomic mass is 16.6. The van der Waals surface area contributed by atoms with Crippen molar-refractivity contribution in [2.75, 3.05) is 0 Å². The Balaban J connectivity index is 0.000000140. The first kappa shape index (κ1) is 11.0. The number of hydrogen-bond acceptors (Lipinski definition) is 4. The molecule has 2 aliphatic heterocycles. The predicted molar refractivity (Wildman–Crippen MR) is 49.6 cm³/mol. The maximum atomic E-state index is 10.1. The zero-order valence-corrected chi connectivity index (χ0v) is 9.05. The number of hydrogen-bond donors (Lipinski definition) is 0. The van der Waals surface area contributed by atoms with Gasteiger partial charge in [-0.2, -0.15) is 0 Å². The molecule has 0 aliphatic carbocycles. The van der Waals surface area contributed by atoms with E-state index in [0.29, 0.717) is 12.8 Å². The molecule has 0 N–H and O–H groups in total. The van der Waals surface area contributed by atoms with Crippen molar-refractivity contribution in [3.63, 3.8) is 0 Å². The molecule has 14 heavy (non-hydrogen) atoms. The fraction of sp³-hybridized carbons (Fsp3) is 0.800. The summed E-state index contributed by atoms with van der Waals surface area (Å²) >= 11 is 0. The minimum absolute atomic E-state index is 0.0787. The number of ether oxygens (including phenoxy) is 2. The molecule has 0 atom stereocenters. The molecule has 0 bridgehead atoms. The van der Waals surface area contributed by atoms with Crippen LogP contribution in [0.2, 0.25) is 0 Å². The summed E-state index contributed by atoms with van der Waals surface area (Å²) in [5, 5.41) is 0. The van der Waals surface area contributed by atoms with Crippen LogP contribution in [0.5, 0.6) is 0 Å². The van der Waals surface area contributed by atoms with Crippen molar-refractivity contribution in [3.8, 4) is 0 Å². The van der Waals surface area contributed by atoms with E-state index in [4.69, 9.17) is 0 Å². The third kappa shape index (κ3) is 3.01. The zero-order valence-electron chi connectivity index (χ0n) is 9.05. The highest BCUT2D eigenvalue weighted by Gasteiger charge is 2.36. The molecule has 2 rings (SSSR count). The van der Waals surface area contributed by atoms with E-state index < -0.39 is 0 Å². The van der Waals surface area contributed by atoms with Crippen LogP contribution < -0.4 is 0 Å². The third-order valence-corrected chi connectivity index (χ3v) is 1.92.